The molecule has 0 aromatic heterocycles. The molecule has 0 radical (unpaired) electrons. The molecule has 3 aliphatic rings. The fraction of sp³-hybridized carbons (Fsp3) is 0.742. The summed E-state index contributed by atoms with van der Waals surface area (Å²) in [6.07, 6.45) is 14.7. The van der Waals surface area contributed by atoms with Crippen LogP contribution in [0.25, 0.3) is 0 Å². The summed E-state index contributed by atoms with van der Waals surface area (Å²) in [6.45, 7) is 13.0. The van der Waals surface area contributed by atoms with Crippen molar-refractivity contribution in [1.82, 2.24) is 0 Å². The van der Waals surface area contributed by atoms with Gasteiger partial charge in [0.25, 0.3) is 0 Å². The van der Waals surface area contributed by atoms with Gasteiger partial charge < -0.3 is 15.3 Å². The second kappa shape index (κ2) is 11.6. The molecule has 3 rings (SSSR count). The van der Waals surface area contributed by atoms with Crippen molar-refractivity contribution in [2.75, 3.05) is 0 Å². The predicted octanol–water partition coefficient (Wildman–Crippen LogP) is 6.49. The summed E-state index contributed by atoms with van der Waals surface area (Å²) >= 11 is 0. The van der Waals surface area contributed by atoms with Gasteiger partial charge in [0.2, 0.25) is 0 Å². The van der Waals surface area contributed by atoms with Crippen LogP contribution in [0.5, 0.6) is 0 Å². The Kier molecular flexibility index (Phi) is 9.29. The van der Waals surface area contributed by atoms with E-state index in [0.717, 1.165) is 49.7 Å². The highest BCUT2D eigenvalue weighted by molar-refractivity contribution is 5.38. The van der Waals surface area contributed by atoms with E-state index < -0.39 is 17.8 Å². The quantitative estimate of drug-likeness (QED) is 0.296. The maximum Gasteiger partial charge on any atom is 0.0811 e. The Hall–Kier alpha value is -1.34. The number of fused-ring (bicyclic) bond motifs is 1. The lowest BCUT2D eigenvalue weighted by Gasteiger charge is -2.43. The number of aliphatic hydroxyl groups excluding tert-OH is 2. The van der Waals surface area contributed by atoms with Gasteiger partial charge in [0, 0.05) is 18.8 Å². The second-order valence-electron chi connectivity index (χ2n) is 11.6. The first-order valence-electron chi connectivity index (χ1n) is 13.8. The van der Waals surface area contributed by atoms with E-state index in [4.69, 9.17) is 0 Å². The minimum Gasteiger partial charge on any atom is -0.393 e. The Morgan fingerprint density at radius 2 is 1.94 bits per heavy atom. The maximum atomic E-state index is 10.5. The first kappa shape index (κ1) is 27.3. The van der Waals surface area contributed by atoms with Crippen LogP contribution in [0.4, 0.5) is 0 Å². The molecule has 34 heavy (non-hydrogen) atoms. The summed E-state index contributed by atoms with van der Waals surface area (Å²) in [6, 6.07) is 0. The third kappa shape index (κ3) is 6.07. The minimum atomic E-state index is -0.627. The topological polar surface area (TPSA) is 60.7 Å². The fourth-order valence-corrected chi connectivity index (χ4v) is 7.01. The van der Waals surface area contributed by atoms with Gasteiger partial charge in [-0.25, -0.2) is 0 Å². The number of hydrogen-bond acceptors (Lipinski definition) is 3. The molecule has 0 aliphatic heterocycles. The van der Waals surface area contributed by atoms with Gasteiger partial charge in [-0.3, -0.25) is 0 Å². The molecule has 0 aromatic rings. The van der Waals surface area contributed by atoms with Gasteiger partial charge in [-0.15, -0.1) is 5.92 Å². The SMILES string of the molecule is C=C1/C(=C/C=C2\CCC[C@]3(C)[C@@H]([C@@H](C)C#CCCCC(O)(CC)CC)CC[C@@H]23)C[C@@H](O)C[C@@H]1O. The smallest absolute Gasteiger partial charge is 0.0811 e. The van der Waals surface area contributed by atoms with Crippen molar-refractivity contribution in [3.05, 3.63) is 35.5 Å². The summed E-state index contributed by atoms with van der Waals surface area (Å²) in [4.78, 5) is 0. The third-order valence-corrected chi connectivity index (χ3v) is 9.50. The van der Waals surface area contributed by atoms with Crippen LogP contribution in [0.1, 0.15) is 105 Å². The monoisotopic (exact) mass is 468 g/mol. The molecule has 3 aliphatic carbocycles. The molecule has 6 atom stereocenters. The summed E-state index contributed by atoms with van der Waals surface area (Å²) < 4.78 is 0. The normalized spacial score (nSPS) is 35.2. The Morgan fingerprint density at radius 3 is 2.65 bits per heavy atom. The van der Waals surface area contributed by atoms with E-state index in [1.807, 2.05) is 0 Å². The summed E-state index contributed by atoms with van der Waals surface area (Å²) in [5, 5.41) is 30.7. The maximum absolute atomic E-state index is 10.5. The highest BCUT2D eigenvalue weighted by Crippen LogP contribution is 2.59. The molecule has 0 saturated heterocycles. The largest absolute Gasteiger partial charge is 0.393 e. The van der Waals surface area contributed by atoms with E-state index in [1.165, 1.54) is 31.3 Å². The van der Waals surface area contributed by atoms with Gasteiger partial charge in [-0.2, -0.15) is 0 Å². The Bertz CT molecular complexity index is 836. The van der Waals surface area contributed by atoms with Crippen LogP contribution in [0, 0.1) is 35.0 Å². The summed E-state index contributed by atoms with van der Waals surface area (Å²) in [5.41, 5.74) is 3.08. The second-order valence-corrected chi connectivity index (χ2v) is 11.6. The van der Waals surface area contributed by atoms with Gasteiger partial charge >= 0.3 is 0 Å². The van der Waals surface area contributed by atoms with Crippen molar-refractivity contribution in [3.8, 4) is 11.8 Å². The first-order chi connectivity index (χ1) is 16.1. The molecule has 3 fully saturated rings. The third-order valence-electron chi connectivity index (χ3n) is 9.50. The molecular formula is C31H48O3. The minimum absolute atomic E-state index is 0.296. The molecule has 0 aromatic carbocycles. The molecule has 0 spiro atoms. The van der Waals surface area contributed by atoms with Crippen molar-refractivity contribution >= 4 is 0 Å². The van der Waals surface area contributed by atoms with Crippen LogP contribution >= 0.6 is 0 Å². The van der Waals surface area contributed by atoms with Crippen molar-refractivity contribution in [2.45, 2.75) is 123 Å². The summed E-state index contributed by atoms with van der Waals surface area (Å²) in [5.74, 6) is 8.65. The molecule has 3 nitrogen and oxygen atoms in total. The lowest BCUT2D eigenvalue weighted by Crippen LogP contribution is -2.35. The van der Waals surface area contributed by atoms with E-state index >= 15 is 0 Å². The molecule has 3 saturated carbocycles. The number of unbranched alkanes of at least 4 members (excludes halogenated alkanes) is 1. The number of hydrogen-bond donors (Lipinski definition) is 3. The van der Waals surface area contributed by atoms with E-state index in [2.05, 4.69) is 58.3 Å². The molecular weight excluding hydrogens is 420 g/mol. The van der Waals surface area contributed by atoms with Crippen LogP contribution in [0.15, 0.2) is 35.5 Å². The van der Waals surface area contributed by atoms with Crippen molar-refractivity contribution < 1.29 is 15.3 Å². The fourth-order valence-electron chi connectivity index (χ4n) is 7.01. The van der Waals surface area contributed by atoms with E-state index in [-0.39, 0.29) is 0 Å². The molecule has 3 N–H and O–H groups in total. The van der Waals surface area contributed by atoms with Crippen LogP contribution in [0.3, 0.4) is 0 Å². The zero-order valence-corrected chi connectivity index (χ0v) is 22.1. The zero-order chi connectivity index (χ0) is 24.9. The van der Waals surface area contributed by atoms with Crippen LogP contribution in [-0.2, 0) is 0 Å². The highest BCUT2D eigenvalue weighted by atomic mass is 16.3. The van der Waals surface area contributed by atoms with Crippen molar-refractivity contribution in [3.63, 3.8) is 0 Å². The predicted molar refractivity (Wildman–Crippen MR) is 141 cm³/mol. The molecule has 190 valence electrons. The highest BCUT2D eigenvalue weighted by Gasteiger charge is 2.50. The standard InChI is InChI=1S/C31H48O3/c1-6-31(34,7-2)19-10-8-9-12-22(3)27-16-17-28-24(13-11-18-30(27,28)5)14-15-25-20-26(32)21-29(33)23(25)4/h14-15,22,26-29,32-34H,4,6-8,10-11,13,16-21H2,1-3,5H3/b24-14+,25-15+/t22-,26+,27+,28-,29-,30+/m0/s1. The van der Waals surface area contributed by atoms with Gasteiger partial charge in [0.05, 0.1) is 17.8 Å². The van der Waals surface area contributed by atoms with Gasteiger partial charge in [-0.05, 0) is 92.6 Å². The number of rotatable bonds is 7. The molecule has 0 bridgehead atoms. The Labute approximate surface area is 208 Å². The van der Waals surface area contributed by atoms with E-state index in [9.17, 15) is 15.3 Å². The number of allylic oxidation sites excluding steroid dienone is 3. The van der Waals surface area contributed by atoms with E-state index in [1.54, 1.807) is 0 Å². The molecule has 0 amide bonds. The molecule has 3 heteroatoms. The Morgan fingerprint density at radius 1 is 1.21 bits per heavy atom. The van der Waals surface area contributed by atoms with Crippen molar-refractivity contribution in [2.24, 2.45) is 23.2 Å². The lowest BCUT2D eigenvalue weighted by atomic mass is 9.61. The van der Waals surface area contributed by atoms with Crippen LogP contribution in [-0.4, -0.2) is 33.1 Å². The van der Waals surface area contributed by atoms with Crippen molar-refractivity contribution in [1.29, 1.82) is 0 Å². The van der Waals surface area contributed by atoms with Gasteiger partial charge in [-0.1, -0.05) is 57.9 Å². The first-order valence-corrected chi connectivity index (χ1v) is 13.8. The summed E-state index contributed by atoms with van der Waals surface area (Å²) in [7, 11) is 0. The average Bonchev–Trinajstić information content (AvgIpc) is 3.17. The lowest BCUT2D eigenvalue weighted by molar-refractivity contribution is 0.0221. The van der Waals surface area contributed by atoms with Crippen LogP contribution < -0.4 is 0 Å². The number of aliphatic hydroxyl groups is 3. The Balaban J connectivity index is 1.64. The molecule has 0 unspecified atom stereocenters. The van der Waals surface area contributed by atoms with Gasteiger partial charge in [0.15, 0.2) is 0 Å². The molecule has 0 heterocycles. The zero-order valence-electron chi connectivity index (χ0n) is 22.1. The van der Waals surface area contributed by atoms with E-state index in [0.29, 0.717) is 36.0 Å². The average molecular weight is 469 g/mol. The van der Waals surface area contributed by atoms with Crippen LogP contribution in [0.2, 0.25) is 0 Å². The van der Waals surface area contributed by atoms with Gasteiger partial charge in [0.1, 0.15) is 0 Å².